The molecule has 6 nitrogen and oxygen atoms in total. The summed E-state index contributed by atoms with van der Waals surface area (Å²) >= 11 is 0. The van der Waals surface area contributed by atoms with Gasteiger partial charge < -0.3 is 5.32 Å². The van der Waals surface area contributed by atoms with Gasteiger partial charge in [0.05, 0.1) is 16.3 Å². The van der Waals surface area contributed by atoms with Crippen LogP contribution in [0.3, 0.4) is 0 Å². The maximum Gasteiger partial charge on any atom is 0.238 e. The van der Waals surface area contributed by atoms with Gasteiger partial charge in [-0.1, -0.05) is 48.5 Å². The van der Waals surface area contributed by atoms with E-state index in [9.17, 15) is 13.2 Å². The van der Waals surface area contributed by atoms with E-state index < -0.39 is 15.9 Å². The molecule has 1 aliphatic rings. The van der Waals surface area contributed by atoms with Crippen LogP contribution in [0.2, 0.25) is 0 Å². The predicted octanol–water partition coefficient (Wildman–Crippen LogP) is 3.19. The van der Waals surface area contributed by atoms with Crippen molar-refractivity contribution in [2.45, 2.75) is 10.8 Å². The summed E-state index contributed by atoms with van der Waals surface area (Å²) < 4.78 is 22.9. The summed E-state index contributed by atoms with van der Waals surface area (Å²) in [5, 5.41) is 8.05. The fourth-order valence-electron chi connectivity index (χ4n) is 3.23. The number of hydrogen-bond donors (Lipinski definition) is 2. The van der Waals surface area contributed by atoms with Gasteiger partial charge in [-0.2, -0.15) is 0 Å². The number of primary sulfonamides is 1. The zero-order valence-electron chi connectivity index (χ0n) is 14.7. The van der Waals surface area contributed by atoms with E-state index in [2.05, 4.69) is 5.32 Å². The largest absolute Gasteiger partial charge is 0.325 e. The molecule has 1 atom stereocenters. The van der Waals surface area contributed by atoms with Crippen LogP contribution in [0.1, 0.15) is 17.0 Å². The summed E-state index contributed by atoms with van der Waals surface area (Å²) in [7, 11) is -3.78. The average molecular weight is 391 g/mol. The molecule has 3 aromatic carbocycles. The second-order valence-electron chi connectivity index (χ2n) is 6.41. The van der Waals surface area contributed by atoms with Crippen molar-refractivity contribution in [1.29, 1.82) is 0 Å². The Bertz CT molecular complexity index is 1170. The van der Waals surface area contributed by atoms with E-state index in [0.29, 0.717) is 11.4 Å². The number of fused-ring (bicyclic) bond motifs is 1. The maximum atomic E-state index is 12.7. The first-order valence-electron chi connectivity index (χ1n) is 8.60. The van der Waals surface area contributed by atoms with Gasteiger partial charge in [-0.15, -0.1) is 0 Å². The number of rotatable bonds is 4. The van der Waals surface area contributed by atoms with Gasteiger partial charge in [0.15, 0.2) is 0 Å². The number of carbonyl (C=O) groups is 1. The lowest BCUT2D eigenvalue weighted by molar-refractivity contribution is -0.115. The van der Waals surface area contributed by atoms with Crippen LogP contribution in [0, 0.1) is 0 Å². The van der Waals surface area contributed by atoms with Crippen LogP contribution in [0.25, 0.3) is 0 Å². The van der Waals surface area contributed by atoms with Gasteiger partial charge in [-0.25, -0.2) is 13.6 Å². The van der Waals surface area contributed by atoms with Gasteiger partial charge in [0.25, 0.3) is 0 Å². The van der Waals surface area contributed by atoms with Crippen molar-refractivity contribution < 1.29 is 13.2 Å². The Kier molecular flexibility index (Phi) is 4.54. The number of amides is 1. The molecule has 0 fully saturated rings. The highest BCUT2D eigenvalue weighted by atomic mass is 32.2. The van der Waals surface area contributed by atoms with Crippen molar-refractivity contribution in [3.63, 3.8) is 0 Å². The Morgan fingerprint density at radius 1 is 0.893 bits per heavy atom. The van der Waals surface area contributed by atoms with Gasteiger partial charge in [-0.3, -0.25) is 9.79 Å². The second-order valence-corrected chi connectivity index (χ2v) is 7.97. The molecular formula is C21H17N3O3S. The molecule has 7 heteroatoms. The zero-order valence-corrected chi connectivity index (χ0v) is 15.6. The first kappa shape index (κ1) is 18.1. The first-order valence-corrected chi connectivity index (χ1v) is 10.1. The molecule has 1 aliphatic heterocycles. The summed E-state index contributed by atoms with van der Waals surface area (Å²) in [4.78, 5) is 17.4. The number of para-hydroxylation sites is 1. The van der Waals surface area contributed by atoms with Crippen LogP contribution in [0.15, 0.2) is 88.8 Å². The monoisotopic (exact) mass is 391 g/mol. The summed E-state index contributed by atoms with van der Waals surface area (Å²) in [5.41, 5.74) is 3.56. The molecule has 1 heterocycles. The van der Waals surface area contributed by atoms with E-state index in [4.69, 9.17) is 10.1 Å². The highest BCUT2D eigenvalue weighted by Crippen LogP contribution is 2.36. The smallest absolute Gasteiger partial charge is 0.238 e. The normalized spacial score (nSPS) is 16.5. The van der Waals surface area contributed by atoms with E-state index in [1.165, 1.54) is 12.1 Å². The molecule has 0 radical (unpaired) electrons. The van der Waals surface area contributed by atoms with Crippen molar-refractivity contribution >= 4 is 33.0 Å². The third-order valence-electron chi connectivity index (χ3n) is 4.55. The molecule has 0 saturated heterocycles. The summed E-state index contributed by atoms with van der Waals surface area (Å²) in [6.07, 6.45) is 0. The second kappa shape index (κ2) is 7.03. The number of hydrogen-bond acceptors (Lipinski definition) is 4. The molecule has 3 N–H and O–H groups in total. The summed E-state index contributed by atoms with van der Waals surface area (Å²) in [6.45, 7) is 0. The van der Waals surface area contributed by atoms with Crippen LogP contribution in [-0.2, 0) is 14.8 Å². The molecule has 0 bridgehead atoms. The van der Waals surface area contributed by atoms with Crippen LogP contribution >= 0.6 is 0 Å². The van der Waals surface area contributed by atoms with E-state index >= 15 is 0 Å². The number of carbonyl (C=O) groups excluding carboxylic acids is 1. The molecule has 1 unspecified atom stereocenters. The Hall–Kier alpha value is -3.29. The lowest BCUT2D eigenvalue weighted by Crippen LogP contribution is -2.21. The number of benzene rings is 3. The molecule has 0 aliphatic carbocycles. The molecule has 28 heavy (non-hydrogen) atoms. The average Bonchev–Trinajstić information content (AvgIpc) is 3.02. The SMILES string of the molecule is NS(=O)(=O)c1ccc(N=C(c2ccccc2)C2C(=O)Nc3ccccc32)cc1. The molecule has 3 aromatic rings. The fraction of sp³-hybridized carbons (Fsp3) is 0.0476. The lowest BCUT2D eigenvalue weighted by atomic mass is 9.90. The molecule has 1 amide bonds. The standard InChI is InChI=1S/C21H17N3O3S/c22-28(26,27)16-12-10-15(11-13-16)23-20(14-6-2-1-3-7-14)19-17-8-4-5-9-18(17)24-21(19)25/h1-13,19H,(H,24,25)(H2,22,26,27). The number of nitrogens with two attached hydrogens (primary N) is 1. The Morgan fingerprint density at radius 2 is 1.54 bits per heavy atom. The van der Waals surface area contributed by atoms with Gasteiger partial charge in [-0.05, 0) is 41.5 Å². The number of anilines is 1. The van der Waals surface area contributed by atoms with Crippen LogP contribution in [0.5, 0.6) is 0 Å². The van der Waals surface area contributed by atoms with Crippen molar-refractivity contribution in [3.05, 3.63) is 90.0 Å². The van der Waals surface area contributed by atoms with Crippen molar-refractivity contribution in [3.8, 4) is 0 Å². The Labute approximate surface area is 162 Å². The van der Waals surface area contributed by atoms with Crippen molar-refractivity contribution in [2.75, 3.05) is 5.32 Å². The van der Waals surface area contributed by atoms with Crippen molar-refractivity contribution in [1.82, 2.24) is 0 Å². The van der Waals surface area contributed by atoms with Crippen LogP contribution in [-0.4, -0.2) is 20.0 Å². The van der Waals surface area contributed by atoms with Gasteiger partial charge in [0.2, 0.25) is 15.9 Å². The third kappa shape index (κ3) is 3.45. The predicted molar refractivity (Wildman–Crippen MR) is 108 cm³/mol. The molecule has 4 rings (SSSR count). The van der Waals surface area contributed by atoms with E-state index in [-0.39, 0.29) is 10.8 Å². The fourth-order valence-corrected chi connectivity index (χ4v) is 3.75. The molecular weight excluding hydrogens is 374 g/mol. The Balaban J connectivity index is 1.84. The Morgan fingerprint density at radius 3 is 2.21 bits per heavy atom. The first-order chi connectivity index (χ1) is 13.4. The number of aliphatic imine (C=N–C) groups is 1. The van der Waals surface area contributed by atoms with E-state index in [1.54, 1.807) is 12.1 Å². The highest BCUT2D eigenvalue weighted by molar-refractivity contribution is 7.89. The zero-order chi connectivity index (χ0) is 19.7. The molecule has 140 valence electrons. The maximum absolute atomic E-state index is 12.7. The topological polar surface area (TPSA) is 102 Å². The minimum absolute atomic E-state index is 0.0108. The summed E-state index contributed by atoms with van der Waals surface area (Å²) in [5.74, 6) is -0.707. The van der Waals surface area contributed by atoms with Gasteiger partial charge >= 0.3 is 0 Å². The summed E-state index contributed by atoms with van der Waals surface area (Å²) in [6, 6.07) is 22.9. The lowest BCUT2D eigenvalue weighted by Gasteiger charge is -2.14. The minimum Gasteiger partial charge on any atom is -0.325 e. The molecule has 0 aromatic heterocycles. The molecule has 0 saturated carbocycles. The highest BCUT2D eigenvalue weighted by Gasteiger charge is 2.35. The van der Waals surface area contributed by atoms with E-state index in [1.807, 2.05) is 54.6 Å². The third-order valence-corrected chi connectivity index (χ3v) is 5.48. The van der Waals surface area contributed by atoms with Crippen molar-refractivity contribution in [2.24, 2.45) is 10.1 Å². The minimum atomic E-state index is -3.78. The van der Waals surface area contributed by atoms with Gasteiger partial charge in [0.1, 0.15) is 5.92 Å². The van der Waals surface area contributed by atoms with Crippen LogP contribution < -0.4 is 10.5 Å². The van der Waals surface area contributed by atoms with E-state index in [0.717, 1.165) is 16.8 Å². The molecule has 0 spiro atoms. The van der Waals surface area contributed by atoms with Gasteiger partial charge in [0, 0.05) is 5.69 Å². The number of sulfonamides is 1. The van der Waals surface area contributed by atoms with Crippen LogP contribution in [0.4, 0.5) is 11.4 Å². The number of nitrogens with one attached hydrogen (secondary N) is 1. The number of nitrogens with zero attached hydrogens (tertiary/aromatic N) is 1. The quantitative estimate of drug-likeness (QED) is 0.668.